The molecule has 0 aromatic carbocycles. The zero-order valence-electron chi connectivity index (χ0n) is 20.6. The van der Waals surface area contributed by atoms with Crippen molar-refractivity contribution >= 4 is 12.0 Å². The van der Waals surface area contributed by atoms with Crippen molar-refractivity contribution in [3.05, 3.63) is 12.2 Å². The Kier molecular flexibility index (Phi) is 10.3. The summed E-state index contributed by atoms with van der Waals surface area (Å²) in [6.07, 6.45) is 11.1. The van der Waals surface area contributed by atoms with E-state index in [0.717, 1.165) is 6.42 Å². The van der Waals surface area contributed by atoms with Crippen molar-refractivity contribution in [2.75, 3.05) is 7.11 Å². The Morgan fingerprint density at radius 1 is 1.34 bits per heavy atom. The van der Waals surface area contributed by atoms with Gasteiger partial charge in [0, 0.05) is 25.9 Å². The Bertz CT molecular complexity index is 759. The lowest BCUT2D eigenvalue weighted by Crippen LogP contribution is -2.64. The van der Waals surface area contributed by atoms with Crippen molar-refractivity contribution in [1.82, 2.24) is 10.2 Å². The van der Waals surface area contributed by atoms with Gasteiger partial charge in [0.15, 0.2) is 0 Å². The van der Waals surface area contributed by atoms with Crippen LogP contribution >= 0.6 is 0 Å². The van der Waals surface area contributed by atoms with Crippen molar-refractivity contribution in [3.8, 4) is 18.4 Å². The molecule has 0 radical (unpaired) electrons. The summed E-state index contributed by atoms with van der Waals surface area (Å²) in [5, 5.41) is 13.0. The first-order valence-electron chi connectivity index (χ1n) is 11.3. The predicted molar refractivity (Wildman–Crippen MR) is 125 cm³/mol. The molecule has 1 aliphatic rings. The maximum absolute atomic E-state index is 13.3. The van der Waals surface area contributed by atoms with E-state index in [9.17, 15) is 14.9 Å². The Hall–Kier alpha value is -2.51. The molecule has 178 valence electrons. The van der Waals surface area contributed by atoms with Crippen LogP contribution in [0.5, 0.6) is 0 Å². The summed E-state index contributed by atoms with van der Waals surface area (Å²) in [7, 11) is 1.61. The van der Waals surface area contributed by atoms with E-state index in [2.05, 4.69) is 17.3 Å². The van der Waals surface area contributed by atoms with Gasteiger partial charge in [0.2, 0.25) is 5.91 Å². The number of hydrogen-bond acceptors (Lipinski definition) is 5. The summed E-state index contributed by atoms with van der Waals surface area (Å²) in [5.41, 5.74) is -1.49. The van der Waals surface area contributed by atoms with Crippen molar-refractivity contribution in [2.24, 2.45) is 5.92 Å². The fraction of sp³-hybridized carbons (Fsp3) is 0.720. The molecule has 1 saturated heterocycles. The molecule has 0 aromatic rings. The van der Waals surface area contributed by atoms with E-state index in [-0.39, 0.29) is 18.2 Å². The first kappa shape index (κ1) is 27.5. The number of terminal acetylenes is 1. The Morgan fingerprint density at radius 2 is 2.00 bits per heavy atom. The Morgan fingerprint density at radius 3 is 2.47 bits per heavy atom. The molecule has 1 N–H and O–H groups in total. The number of carbonyl (C=O) groups excluding carboxylic acids is 2. The van der Waals surface area contributed by atoms with E-state index in [0.29, 0.717) is 19.3 Å². The van der Waals surface area contributed by atoms with Gasteiger partial charge >= 0.3 is 6.09 Å². The lowest BCUT2D eigenvalue weighted by Gasteiger charge is -2.44. The molecule has 0 spiro atoms. The van der Waals surface area contributed by atoms with Crippen LogP contribution in [0, 0.1) is 29.6 Å². The third-order valence-corrected chi connectivity index (χ3v) is 5.81. The number of methoxy groups -OCH3 is 1. The van der Waals surface area contributed by atoms with Gasteiger partial charge < -0.3 is 14.8 Å². The number of ether oxygens (including phenoxy) is 2. The standard InChI is InChI=1S/C25H39N3O4/c1-9-12-14-20(29)27-22(25(7,31-8)15-11-3)21-18(13-10-2)16-19(17-26)28(21)23(30)32-24(4,5)6/h1,10,13,18-19,21-22H,11-12,14-16H2,2-8H3,(H,27,29)/b13-10-/t18-,19-,21-,22-,25?/m1/s1. The molecule has 0 aromatic heterocycles. The predicted octanol–water partition coefficient (Wildman–Crippen LogP) is 4.18. The summed E-state index contributed by atoms with van der Waals surface area (Å²) in [6, 6.07) is 0.496. The summed E-state index contributed by atoms with van der Waals surface area (Å²) < 4.78 is 11.6. The quantitative estimate of drug-likeness (QED) is 0.424. The number of nitriles is 1. The second-order valence-corrected chi connectivity index (χ2v) is 9.46. The van der Waals surface area contributed by atoms with Crippen LogP contribution in [0.1, 0.15) is 73.6 Å². The van der Waals surface area contributed by atoms with Crippen LogP contribution in [-0.4, -0.2) is 53.3 Å². The van der Waals surface area contributed by atoms with E-state index < -0.39 is 35.4 Å². The van der Waals surface area contributed by atoms with E-state index in [1.54, 1.807) is 27.9 Å². The minimum absolute atomic E-state index is 0.151. The molecule has 32 heavy (non-hydrogen) atoms. The van der Waals surface area contributed by atoms with Crippen molar-refractivity contribution < 1.29 is 19.1 Å². The van der Waals surface area contributed by atoms with E-state index in [1.807, 2.05) is 32.9 Å². The van der Waals surface area contributed by atoms with E-state index >= 15 is 0 Å². The molecule has 1 fully saturated rings. The maximum Gasteiger partial charge on any atom is 0.411 e. The zero-order valence-corrected chi connectivity index (χ0v) is 20.6. The highest BCUT2D eigenvalue weighted by Gasteiger charge is 2.53. The number of hydrogen-bond donors (Lipinski definition) is 1. The number of rotatable bonds is 9. The summed E-state index contributed by atoms with van der Waals surface area (Å²) in [4.78, 5) is 27.5. The van der Waals surface area contributed by atoms with Gasteiger partial charge in [0.1, 0.15) is 11.6 Å². The SMILES string of the molecule is C#CCCC(=O)N[C@H]([C@H]1[C@H](/C=C\C)C[C@H](C#N)N1C(=O)OC(C)(C)C)C(C)(CCC)OC. The van der Waals surface area contributed by atoms with Gasteiger partial charge in [-0.15, -0.1) is 12.3 Å². The van der Waals surface area contributed by atoms with Crippen LogP contribution in [-0.2, 0) is 14.3 Å². The van der Waals surface area contributed by atoms with Crippen LogP contribution in [0.2, 0.25) is 0 Å². The Labute approximate surface area is 193 Å². The fourth-order valence-corrected chi connectivity index (χ4v) is 4.36. The monoisotopic (exact) mass is 445 g/mol. The van der Waals surface area contributed by atoms with Crippen LogP contribution in [0.4, 0.5) is 4.79 Å². The van der Waals surface area contributed by atoms with E-state index in [4.69, 9.17) is 15.9 Å². The van der Waals surface area contributed by atoms with Crippen molar-refractivity contribution in [1.29, 1.82) is 5.26 Å². The summed E-state index contributed by atoms with van der Waals surface area (Å²) in [5.74, 6) is 2.12. The molecule has 1 heterocycles. The number of amides is 2. The van der Waals surface area contributed by atoms with Crippen molar-refractivity contribution in [3.63, 3.8) is 0 Å². The average molecular weight is 446 g/mol. The number of allylic oxidation sites excluding steroid dienone is 1. The number of nitrogens with zero attached hydrogens (tertiary/aromatic N) is 2. The second kappa shape index (κ2) is 11.9. The van der Waals surface area contributed by atoms with Gasteiger partial charge in [0.25, 0.3) is 0 Å². The third-order valence-electron chi connectivity index (χ3n) is 5.81. The molecule has 0 saturated carbocycles. The third kappa shape index (κ3) is 7.00. The number of carbonyl (C=O) groups is 2. The van der Waals surface area contributed by atoms with Gasteiger partial charge in [0.05, 0.1) is 23.8 Å². The molecule has 1 aliphatic heterocycles. The highest BCUT2D eigenvalue weighted by molar-refractivity contribution is 5.77. The largest absolute Gasteiger partial charge is 0.444 e. The zero-order chi connectivity index (χ0) is 24.5. The van der Waals surface area contributed by atoms with Crippen molar-refractivity contribution in [2.45, 2.75) is 103 Å². The molecule has 5 atom stereocenters. The minimum atomic E-state index is -0.768. The van der Waals surface area contributed by atoms with Gasteiger partial charge in [-0.25, -0.2) is 4.79 Å². The fourth-order valence-electron chi connectivity index (χ4n) is 4.36. The topological polar surface area (TPSA) is 91.7 Å². The molecular formula is C25H39N3O4. The first-order valence-corrected chi connectivity index (χ1v) is 11.3. The molecule has 1 rings (SSSR count). The van der Waals surface area contributed by atoms with Crippen LogP contribution < -0.4 is 5.32 Å². The minimum Gasteiger partial charge on any atom is -0.444 e. The average Bonchev–Trinajstić information content (AvgIpc) is 3.07. The second-order valence-electron chi connectivity index (χ2n) is 9.46. The highest BCUT2D eigenvalue weighted by atomic mass is 16.6. The van der Waals surface area contributed by atoms with E-state index in [1.165, 1.54) is 4.90 Å². The van der Waals surface area contributed by atoms with Gasteiger partial charge in [-0.1, -0.05) is 25.5 Å². The normalized spacial score (nSPS) is 23.8. The molecule has 1 unspecified atom stereocenters. The summed E-state index contributed by atoms with van der Waals surface area (Å²) >= 11 is 0. The molecule has 0 bridgehead atoms. The van der Waals surface area contributed by atoms with Gasteiger partial charge in [-0.2, -0.15) is 5.26 Å². The van der Waals surface area contributed by atoms with Gasteiger partial charge in [-0.3, -0.25) is 9.69 Å². The van der Waals surface area contributed by atoms with Crippen LogP contribution in [0.15, 0.2) is 12.2 Å². The van der Waals surface area contributed by atoms with Crippen LogP contribution in [0.3, 0.4) is 0 Å². The molecule has 7 nitrogen and oxygen atoms in total. The summed E-state index contributed by atoms with van der Waals surface area (Å²) in [6.45, 7) is 11.2. The Balaban J connectivity index is 3.57. The smallest absolute Gasteiger partial charge is 0.411 e. The number of nitrogens with one attached hydrogen (secondary N) is 1. The first-order chi connectivity index (χ1) is 15.0. The lowest BCUT2D eigenvalue weighted by molar-refractivity contribution is -0.127. The highest BCUT2D eigenvalue weighted by Crippen LogP contribution is 2.39. The number of likely N-dealkylation sites (tertiary alicyclic amines) is 1. The molecule has 2 amide bonds. The molecule has 7 heteroatoms. The van der Waals surface area contributed by atoms with Gasteiger partial charge in [-0.05, 0) is 47.5 Å². The molecule has 0 aliphatic carbocycles. The molecular weight excluding hydrogens is 406 g/mol. The maximum atomic E-state index is 13.3. The van der Waals surface area contributed by atoms with Crippen LogP contribution in [0.25, 0.3) is 0 Å². The lowest BCUT2D eigenvalue weighted by atomic mass is 9.80.